The lowest BCUT2D eigenvalue weighted by Crippen LogP contribution is -2.08. The summed E-state index contributed by atoms with van der Waals surface area (Å²) in [5.41, 5.74) is 1.04. The van der Waals surface area contributed by atoms with Crippen LogP contribution in [0.25, 0.3) is 0 Å². The minimum absolute atomic E-state index is 0.496. The standard InChI is InChI=1S/C13H19N3O/c1-4-7-9-17-13-11(8-5-2)12(14-6-3)15-10-16-13/h1,10H,5-9H2,2-3H3,(H,14,15,16). The zero-order valence-electron chi connectivity index (χ0n) is 10.5. The summed E-state index contributed by atoms with van der Waals surface area (Å²) in [6.07, 6.45) is 9.22. The van der Waals surface area contributed by atoms with E-state index in [0.29, 0.717) is 18.9 Å². The van der Waals surface area contributed by atoms with Gasteiger partial charge in [0.2, 0.25) is 5.88 Å². The number of nitrogens with zero attached hydrogens (tertiary/aromatic N) is 2. The molecule has 0 spiro atoms. The van der Waals surface area contributed by atoms with Gasteiger partial charge in [0.05, 0.1) is 5.56 Å². The number of nitrogens with one attached hydrogen (secondary N) is 1. The molecule has 0 unspecified atom stereocenters. The van der Waals surface area contributed by atoms with Crippen molar-refractivity contribution in [3.05, 3.63) is 11.9 Å². The molecule has 0 bridgehead atoms. The van der Waals surface area contributed by atoms with Crippen molar-refractivity contribution in [2.24, 2.45) is 0 Å². The molecular weight excluding hydrogens is 214 g/mol. The van der Waals surface area contributed by atoms with Crippen LogP contribution in [0.5, 0.6) is 5.88 Å². The maximum Gasteiger partial charge on any atom is 0.221 e. The van der Waals surface area contributed by atoms with Crippen LogP contribution < -0.4 is 10.1 Å². The van der Waals surface area contributed by atoms with Crippen molar-refractivity contribution in [1.82, 2.24) is 9.97 Å². The Bertz CT molecular complexity index is 385. The van der Waals surface area contributed by atoms with E-state index in [1.165, 1.54) is 6.33 Å². The Labute approximate surface area is 103 Å². The molecule has 1 rings (SSSR count). The van der Waals surface area contributed by atoms with Crippen LogP contribution >= 0.6 is 0 Å². The van der Waals surface area contributed by atoms with Gasteiger partial charge in [-0.05, 0) is 13.3 Å². The second-order valence-electron chi connectivity index (χ2n) is 3.59. The molecule has 4 heteroatoms. The molecule has 0 aliphatic heterocycles. The molecule has 1 aromatic rings. The van der Waals surface area contributed by atoms with E-state index < -0.39 is 0 Å². The summed E-state index contributed by atoms with van der Waals surface area (Å²) in [6, 6.07) is 0. The predicted molar refractivity (Wildman–Crippen MR) is 69.1 cm³/mol. The SMILES string of the molecule is C#CCCOc1ncnc(NCC)c1CCC. The number of ether oxygens (including phenoxy) is 1. The van der Waals surface area contributed by atoms with E-state index in [2.05, 4.69) is 28.1 Å². The number of hydrogen-bond donors (Lipinski definition) is 1. The molecule has 0 aliphatic carbocycles. The van der Waals surface area contributed by atoms with Gasteiger partial charge in [-0.1, -0.05) is 13.3 Å². The van der Waals surface area contributed by atoms with E-state index in [9.17, 15) is 0 Å². The van der Waals surface area contributed by atoms with Gasteiger partial charge in [0.1, 0.15) is 18.8 Å². The minimum Gasteiger partial charge on any atom is -0.476 e. The van der Waals surface area contributed by atoms with Gasteiger partial charge in [-0.25, -0.2) is 9.97 Å². The first-order valence-electron chi connectivity index (χ1n) is 5.97. The molecule has 0 saturated carbocycles. The largest absolute Gasteiger partial charge is 0.476 e. The van der Waals surface area contributed by atoms with Crippen LogP contribution in [0.3, 0.4) is 0 Å². The van der Waals surface area contributed by atoms with Crippen LogP contribution in [0.1, 0.15) is 32.3 Å². The number of terminal acetylenes is 1. The molecule has 0 aliphatic rings. The summed E-state index contributed by atoms with van der Waals surface area (Å²) < 4.78 is 5.58. The molecule has 0 radical (unpaired) electrons. The Morgan fingerprint density at radius 2 is 2.24 bits per heavy atom. The predicted octanol–water partition coefficient (Wildman–Crippen LogP) is 2.26. The van der Waals surface area contributed by atoms with E-state index in [0.717, 1.165) is 30.8 Å². The van der Waals surface area contributed by atoms with Crippen molar-refractivity contribution in [3.63, 3.8) is 0 Å². The summed E-state index contributed by atoms with van der Waals surface area (Å²) in [6.45, 7) is 5.48. The molecular formula is C13H19N3O. The van der Waals surface area contributed by atoms with Crippen LogP contribution in [0.2, 0.25) is 0 Å². The van der Waals surface area contributed by atoms with Gasteiger partial charge in [-0.3, -0.25) is 0 Å². The quantitative estimate of drug-likeness (QED) is 0.579. The highest BCUT2D eigenvalue weighted by molar-refractivity contribution is 5.48. The van der Waals surface area contributed by atoms with Crippen molar-refractivity contribution in [2.75, 3.05) is 18.5 Å². The van der Waals surface area contributed by atoms with E-state index in [-0.39, 0.29) is 0 Å². The summed E-state index contributed by atoms with van der Waals surface area (Å²) in [4.78, 5) is 8.40. The first kappa shape index (κ1) is 13.3. The van der Waals surface area contributed by atoms with Gasteiger partial charge in [0.25, 0.3) is 0 Å². The zero-order valence-corrected chi connectivity index (χ0v) is 10.5. The van der Waals surface area contributed by atoms with Crippen molar-refractivity contribution in [2.45, 2.75) is 33.1 Å². The van der Waals surface area contributed by atoms with Gasteiger partial charge >= 0.3 is 0 Å². The average molecular weight is 233 g/mol. The highest BCUT2D eigenvalue weighted by atomic mass is 16.5. The fourth-order valence-corrected chi connectivity index (χ4v) is 1.52. The van der Waals surface area contributed by atoms with Gasteiger partial charge in [-0.2, -0.15) is 0 Å². The smallest absolute Gasteiger partial charge is 0.221 e. The summed E-state index contributed by atoms with van der Waals surface area (Å²) in [5, 5.41) is 3.22. The molecule has 1 heterocycles. The third kappa shape index (κ3) is 3.95. The van der Waals surface area contributed by atoms with Gasteiger partial charge < -0.3 is 10.1 Å². The molecule has 92 valence electrons. The molecule has 0 aromatic carbocycles. The second-order valence-corrected chi connectivity index (χ2v) is 3.59. The molecule has 0 atom stereocenters. The summed E-state index contributed by atoms with van der Waals surface area (Å²) in [5.74, 6) is 4.05. The third-order valence-corrected chi connectivity index (χ3v) is 2.24. The lowest BCUT2D eigenvalue weighted by molar-refractivity contribution is 0.310. The van der Waals surface area contributed by atoms with Gasteiger partial charge in [-0.15, -0.1) is 12.3 Å². The summed E-state index contributed by atoms with van der Waals surface area (Å²) >= 11 is 0. The molecule has 1 N–H and O–H groups in total. The van der Waals surface area contributed by atoms with Gasteiger partial charge in [0, 0.05) is 13.0 Å². The molecule has 0 amide bonds. The summed E-state index contributed by atoms with van der Waals surface area (Å²) in [7, 11) is 0. The fourth-order valence-electron chi connectivity index (χ4n) is 1.52. The Hall–Kier alpha value is -1.76. The number of aromatic nitrogens is 2. The number of rotatable bonds is 7. The Balaban J connectivity index is 2.86. The minimum atomic E-state index is 0.496. The Morgan fingerprint density at radius 1 is 1.41 bits per heavy atom. The van der Waals surface area contributed by atoms with E-state index in [1.54, 1.807) is 0 Å². The highest BCUT2D eigenvalue weighted by Gasteiger charge is 2.11. The van der Waals surface area contributed by atoms with Gasteiger partial charge in [0.15, 0.2) is 0 Å². The van der Waals surface area contributed by atoms with Crippen LogP contribution in [-0.2, 0) is 6.42 Å². The fraction of sp³-hybridized carbons (Fsp3) is 0.538. The van der Waals surface area contributed by atoms with Crippen LogP contribution in [-0.4, -0.2) is 23.1 Å². The molecule has 4 nitrogen and oxygen atoms in total. The Morgan fingerprint density at radius 3 is 2.88 bits per heavy atom. The lowest BCUT2D eigenvalue weighted by Gasteiger charge is -2.13. The first-order chi connectivity index (χ1) is 8.33. The highest BCUT2D eigenvalue weighted by Crippen LogP contribution is 2.23. The molecule has 1 aromatic heterocycles. The van der Waals surface area contributed by atoms with E-state index in [1.807, 2.05) is 6.92 Å². The lowest BCUT2D eigenvalue weighted by atomic mass is 10.1. The third-order valence-electron chi connectivity index (χ3n) is 2.24. The number of hydrogen-bond acceptors (Lipinski definition) is 4. The van der Waals surface area contributed by atoms with Crippen LogP contribution in [0, 0.1) is 12.3 Å². The first-order valence-corrected chi connectivity index (χ1v) is 5.97. The van der Waals surface area contributed by atoms with Crippen molar-refractivity contribution in [3.8, 4) is 18.2 Å². The monoisotopic (exact) mass is 233 g/mol. The Kier molecular flexibility index (Phi) is 5.87. The number of anilines is 1. The van der Waals surface area contributed by atoms with Crippen LogP contribution in [0.4, 0.5) is 5.82 Å². The molecule has 0 fully saturated rings. The maximum absolute atomic E-state index is 5.58. The van der Waals surface area contributed by atoms with Crippen molar-refractivity contribution < 1.29 is 4.74 Å². The van der Waals surface area contributed by atoms with Crippen LogP contribution in [0.15, 0.2) is 6.33 Å². The normalized spacial score (nSPS) is 9.71. The maximum atomic E-state index is 5.58. The van der Waals surface area contributed by atoms with E-state index >= 15 is 0 Å². The molecule has 0 saturated heterocycles. The van der Waals surface area contributed by atoms with Crippen molar-refractivity contribution >= 4 is 5.82 Å². The average Bonchev–Trinajstić information content (AvgIpc) is 2.33. The molecule has 17 heavy (non-hydrogen) atoms. The van der Waals surface area contributed by atoms with Crippen molar-refractivity contribution in [1.29, 1.82) is 0 Å². The zero-order chi connectivity index (χ0) is 12.5. The second kappa shape index (κ2) is 7.50. The topological polar surface area (TPSA) is 47.0 Å². The van der Waals surface area contributed by atoms with E-state index in [4.69, 9.17) is 11.2 Å².